The van der Waals surface area contributed by atoms with Gasteiger partial charge in [-0.25, -0.2) is 0 Å². The molecule has 0 aromatic rings. The average Bonchev–Trinajstić information content (AvgIpc) is 2.50. The molecule has 0 N–H and O–H groups in total. The number of hydrogen-bond acceptors (Lipinski definition) is 2. The van der Waals surface area contributed by atoms with E-state index in [1.807, 2.05) is 13.8 Å². The van der Waals surface area contributed by atoms with Crippen molar-refractivity contribution in [3.05, 3.63) is 0 Å². The molecule has 1 saturated heterocycles. The minimum Gasteiger partial charge on any atom is -0.372 e. The molecular weight excluding hydrogens is 136 g/mol. The Morgan fingerprint density at radius 3 is 2.67 bits per heavy atom. The molecule has 2 atom stereocenters. The van der Waals surface area contributed by atoms with E-state index in [1.165, 1.54) is 0 Å². The van der Waals surface area contributed by atoms with E-state index < -0.39 is 10.8 Å². The Labute approximate surface area is 58.0 Å². The second-order valence-corrected chi connectivity index (χ2v) is 4.59. The third-order valence-corrected chi connectivity index (χ3v) is 3.03. The zero-order valence-corrected chi connectivity index (χ0v) is 6.61. The molecule has 1 heterocycles. The van der Waals surface area contributed by atoms with Crippen LogP contribution in [0.25, 0.3) is 0 Å². The number of hydrogen-bond donors (Lipinski definition) is 0. The predicted molar refractivity (Wildman–Crippen MR) is 37.9 cm³/mol. The number of rotatable bonds is 3. The summed E-state index contributed by atoms with van der Waals surface area (Å²) in [6, 6.07) is 0. The van der Waals surface area contributed by atoms with Crippen molar-refractivity contribution in [3.63, 3.8) is 0 Å². The van der Waals surface area contributed by atoms with Crippen molar-refractivity contribution in [1.82, 2.24) is 0 Å². The van der Waals surface area contributed by atoms with E-state index in [1.54, 1.807) is 0 Å². The molecule has 1 fully saturated rings. The van der Waals surface area contributed by atoms with E-state index in [-0.39, 0.29) is 5.25 Å². The zero-order chi connectivity index (χ0) is 6.85. The molecule has 0 aromatic heterocycles. The summed E-state index contributed by atoms with van der Waals surface area (Å²) in [5, 5.41) is 0.286. The van der Waals surface area contributed by atoms with Crippen molar-refractivity contribution >= 4 is 10.8 Å². The summed E-state index contributed by atoms with van der Waals surface area (Å²) in [6.45, 7) is 4.76. The fraction of sp³-hybridized carbons (Fsp3) is 1.00. The highest BCUT2D eigenvalue weighted by atomic mass is 32.2. The Hall–Kier alpha value is 0.110. The highest BCUT2D eigenvalue weighted by Crippen LogP contribution is 2.11. The summed E-state index contributed by atoms with van der Waals surface area (Å²) < 4.78 is 16.0. The lowest BCUT2D eigenvalue weighted by molar-refractivity contribution is 0.424. The second-order valence-electron chi connectivity index (χ2n) is 2.55. The highest BCUT2D eigenvalue weighted by Gasteiger charge is 2.25. The summed E-state index contributed by atoms with van der Waals surface area (Å²) in [5.74, 6) is 0.734. The zero-order valence-electron chi connectivity index (χ0n) is 5.79. The van der Waals surface area contributed by atoms with Crippen LogP contribution >= 0.6 is 0 Å². The Morgan fingerprint density at radius 2 is 2.33 bits per heavy atom. The maximum Gasteiger partial charge on any atom is 0.0924 e. The van der Waals surface area contributed by atoms with Gasteiger partial charge in [-0.1, -0.05) is 13.8 Å². The minimum atomic E-state index is -0.664. The normalized spacial score (nSPS) is 28.6. The van der Waals surface area contributed by atoms with Crippen LogP contribution in [0, 0.1) is 0 Å². The van der Waals surface area contributed by atoms with E-state index in [9.17, 15) is 4.21 Å². The van der Waals surface area contributed by atoms with Crippen LogP contribution in [0.4, 0.5) is 0 Å². The summed E-state index contributed by atoms with van der Waals surface area (Å²) in [4.78, 5) is 0. The standard InChI is InChI=1S/C6H12O2S/c1-5(2)9(7)4-6-3-8-6/h5-6H,3-4H2,1-2H3/t6-,9?/m0/s1. The van der Waals surface area contributed by atoms with Gasteiger partial charge in [0.25, 0.3) is 0 Å². The third-order valence-electron chi connectivity index (χ3n) is 1.28. The van der Waals surface area contributed by atoms with Gasteiger partial charge in [-0.3, -0.25) is 4.21 Å². The van der Waals surface area contributed by atoms with Gasteiger partial charge in [-0.15, -0.1) is 0 Å². The van der Waals surface area contributed by atoms with Gasteiger partial charge in [0, 0.05) is 16.0 Å². The van der Waals surface area contributed by atoms with Crippen LogP contribution in [-0.2, 0) is 15.5 Å². The van der Waals surface area contributed by atoms with Gasteiger partial charge in [0.15, 0.2) is 0 Å². The fourth-order valence-corrected chi connectivity index (χ4v) is 1.48. The quantitative estimate of drug-likeness (QED) is 0.547. The first-order valence-corrected chi connectivity index (χ1v) is 4.57. The second kappa shape index (κ2) is 2.80. The molecule has 1 aliphatic rings. The van der Waals surface area contributed by atoms with Crippen molar-refractivity contribution in [3.8, 4) is 0 Å². The van der Waals surface area contributed by atoms with Gasteiger partial charge in [-0.05, 0) is 0 Å². The largest absolute Gasteiger partial charge is 0.372 e. The summed E-state index contributed by atoms with van der Waals surface area (Å²) in [6.07, 6.45) is 0.313. The Morgan fingerprint density at radius 1 is 1.78 bits per heavy atom. The van der Waals surface area contributed by atoms with Crippen LogP contribution in [0.5, 0.6) is 0 Å². The van der Waals surface area contributed by atoms with Gasteiger partial charge >= 0.3 is 0 Å². The van der Waals surface area contributed by atoms with Crippen molar-refractivity contribution in [2.24, 2.45) is 0 Å². The average molecular weight is 148 g/mol. The maximum atomic E-state index is 11.0. The Bertz CT molecular complexity index is 118. The first kappa shape index (κ1) is 7.22. The molecule has 1 aliphatic heterocycles. The minimum absolute atomic E-state index is 0.286. The summed E-state index contributed by atoms with van der Waals surface area (Å²) in [7, 11) is -0.664. The maximum absolute atomic E-state index is 11.0. The van der Waals surface area contributed by atoms with Gasteiger partial charge < -0.3 is 4.74 Å². The lowest BCUT2D eigenvalue weighted by Crippen LogP contribution is -2.13. The van der Waals surface area contributed by atoms with E-state index in [2.05, 4.69) is 0 Å². The molecule has 0 bridgehead atoms. The molecule has 54 valence electrons. The van der Waals surface area contributed by atoms with E-state index >= 15 is 0 Å². The van der Waals surface area contributed by atoms with E-state index in [0.29, 0.717) is 6.10 Å². The SMILES string of the molecule is CC(C)S(=O)C[C@@H]1CO1. The summed E-state index contributed by atoms with van der Waals surface area (Å²) >= 11 is 0. The first-order chi connectivity index (χ1) is 4.20. The molecule has 9 heavy (non-hydrogen) atoms. The molecule has 1 rings (SSSR count). The molecule has 0 aliphatic carbocycles. The van der Waals surface area contributed by atoms with Gasteiger partial charge in [0.1, 0.15) is 0 Å². The van der Waals surface area contributed by atoms with Crippen molar-refractivity contribution in [2.75, 3.05) is 12.4 Å². The van der Waals surface area contributed by atoms with Crippen LogP contribution in [0.1, 0.15) is 13.8 Å². The molecule has 0 radical (unpaired) electrons. The van der Waals surface area contributed by atoms with Crippen LogP contribution < -0.4 is 0 Å². The van der Waals surface area contributed by atoms with E-state index in [4.69, 9.17) is 4.74 Å². The third kappa shape index (κ3) is 2.45. The molecule has 1 unspecified atom stereocenters. The lowest BCUT2D eigenvalue weighted by atomic mass is 10.6. The Balaban J connectivity index is 2.17. The summed E-state index contributed by atoms with van der Waals surface area (Å²) in [5.41, 5.74) is 0. The molecule has 0 aromatic carbocycles. The van der Waals surface area contributed by atoms with Crippen LogP contribution in [0.3, 0.4) is 0 Å². The van der Waals surface area contributed by atoms with Gasteiger partial charge in [0.2, 0.25) is 0 Å². The topological polar surface area (TPSA) is 29.6 Å². The van der Waals surface area contributed by atoms with Crippen LogP contribution in [-0.4, -0.2) is 27.9 Å². The highest BCUT2D eigenvalue weighted by molar-refractivity contribution is 7.85. The molecule has 0 spiro atoms. The molecule has 3 heteroatoms. The monoisotopic (exact) mass is 148 g/mol. The van der Waals surface area contributed by atoms with Crippen molar-refractivity contribution in [2.45, 2.75) is 25.2 Å². The van der Waals surface area contributed by atoms with Gasteiger partial charge in [0.05, 0.1) is 18.5 Å². The van der Waals surface area contributed by atoms with Crippen molar-refractivity contribution in [1.29, 1.82) is 0 Å². The first-order valence-electron chi connectivity index (χ1n) is 3.19. The fourth-order valence-electron chi connectivity index (χ4n) is 0.540. The predicted octanol–water partition coefficient (Wildman–Crippen LogP) is 0.542. The molecular formula is C6H12O2S. The molecule has 2 nitrogen and oxygen atoms in total. The lowest BCUT2D eigenvalue weighted by Gasteiger charge is -2.00. The van der Waals surface area contributed by atoms with Gasteiger partial charge in [-0.2, -0.15) is 0 Å². The smallest absolute Gasteiger partial charge is 0.0924 e. The molecule has 0 amide bonds. The number of epoxide rings is 1. The molecule has 0 saturated carbocycles. The number of ether oxygens (including phenoxy) is 1. The van der Waals surface area contributed by atoms with E-state index in [0.717, 1.165) is 12.4 Å². The van der Waals surface area contributed by atoms with Crippen LogP contribution in [0.2, 0.25) is 0 Å². The Kier molecular flexibility index (Phi) is 2.24. The van der Waals surface area contributed by atoms with Crippen molar-refractivity contribution < 1.29 is 8.95 Å². The van der Waals surface area contributed by atoms with Crippen LogP contribution in [0.15, 0.2) is 0 Å².